The second-order valence-corrected chi connectivity index (χ2v) is 10.3. The van der Waals surface area contributed by atoms with Crippen molar-refractivity contribution in [1.82, 2.24) is 19.4 Å². The summed E-state index contributed by atoms with van der Waals surface area (Å²) in [5.74, 6) is 5.30. The summed E-state index contributed by atoms with van der Waals surface area (Å²) in [5, 5.41) is 2.44. The fourth-order valence-corrected chi connectivity index (χ4v) is 4.97. The fourth-order valence-electron chi connectivity index (χ4n) is 4.97. The first-order chi connectivity index (χ1) is 20.7. The summed E-state index contributed by atoms with van der Waals surface area (Å²) >= 11 is 0. The maximum absolute atomic E-state index is 13.1. The van der Waals surface area contributed by atoms with Crippen molar-refractivity contribution in [1.29, 1.82) is 0 Å². The Morgan fingerprint density at radius 3 is 2.37 bits per heavy atom. The molecule has 5 aromatic rings. The van der Waals surface area contributed by atoms with Gasteiger partial charge in [-0.25, -0.2) is 9.97 Å². The van der Waals surface area contributed by atoms with E-state index in [2.05, 4.69) is 68.2 Å². The first-order valence-corrected chi connectivity index (χ1v) is 13.7. The van der Waals surface area contributed by atoms with Crippen LogP contribution in [0.4, 0.5) is 24.7 Å². The molecule has 0 aliphatic carbocycles. The van der Waals surface area contributed by atoms with Gasteiger partial charge >= 0.3 is 6.18 Å². The minimum atomic E-state index is -4.54. The van der Waals surface area contributed by atoms with Crippen molar-refractivity contribution in [2.75, 3.05) is 43.4 Å². The second kappa shape index (κ2) is 11.6. The molecule has 0 spiro atoms. The van der Waals surface area contributed by atoms with Crippen LogP contribution in [0.15, 0.2) is 91.4 Å². The third-order valence-corrected chi connectivity index (χ3v) is 7.39. The number of imidazole rings is 1. The van der Waals surface area contributed by atoms with E-state index in [4.69, 9.17) is 0 Å². The van der Waals surface area contributed by atoms with E-state index in [-0.39, 0.29) is 11.4 Å². The predicted octanol–water partition coefficient (Wildman–Crippen LogP) is 5.84. The Balaban J connectivity index is 1.19. The van der Waals surface area contributed by atoms with E-state index in [1.54, 1.807) is 30.6 Å². The normalized spacial score (nSPS) is 13.9. The molecular formula is C33H27F3N6O. The molecule has 0 bridgehead atoms. The number of rotatable bonds is 4. The number of hydrogen-bond acceptors (Lipinski definition) is 5. The van der Waals surface area contributed by atoms with Crippen LogP contribution in [0.2, 0.25) is 0 Å². The van der Waals surface area contributed by atoms with Gasteiger partial charge < -0.3 is 15.1 Å². The van der Waals surface area contributed by atoms with Crippen LogP contribution in [0.3, 0.4) is 0 Å². The average Bonchev–Trinajstić information content (AvgIpc) is 3.44. The maximum Gasteiger partial charge on any atom is 0.416 e. The van der Waals surface area contributed by atoms with Gasteiger partial charge in [-0.1, -0.05) is 24.0 Å². The third kappa shape index (κ3) is 6.22. The van der Waals surface area contributed by atoms with E-state index in [0.29, 0.717) is 11.1 Å². The van der Waals surface area contributed by atoms with Crippen LogP contribution in [0.25, 0.3) is 16.7 Å². The number of fused-ring (bicyclic) bond motifs is 1. The molecule has 2 aromatic heterocycles. The lowest BCUT2D eigenvalue weighted by atomic mass is 10.1. The number of pyridine rings is 1. The molecule has 0 unspecified atom stereocenters. The van der Waals surface area contributed by atoms with E-state index in [0.717, 1.165) is 61.2 Å². The first-order valence-electron chi connectivity index (χ1n) is 13.7. The smallest absolute Gasteiger partial charge is 0.369 e. The molecule has 3 aromatic carbocycles. The molecule has 1 fully saturated rings. The van der Waals surface area contributed by atoms with Crippen molar-refractivity contribution in [2.45, 2.75) is 6.18 Å². The highest BCUT2D eigenvalue weighted by Gasteiger charge is 2.31. The lowest BCUT2D eigenvalue weighted by molar-refractivity contribution is -0.137. The number of nitrogens with zero attached hydrogens (tertiary/aromatic N) is 5. The molecule has 0 atom stereocenters. The third-order valence-electron chi connectivity index (χ3n) is 7.39. The van der Waals surface area contributed by atoms with Crippen molar-refractivity contribution >= 4 is 28.4 Å². The molecule has 216 valence electrons. The van der Waals surface area contributed by atoms with Crippen LogP contribution < -0.4 is 10.2 Å². The molecule has 43 heavy (non-hydrogen) atoms. The summed E-state index contributed by atoms with van der Waals surface area (Å²) in [4.78, 5) is 26.1. The number of amides is 1. The minimum Gasteiger partial charge on any atom is -0.369 e. The fraction of sp³-hybridized carbons (Fsp3) is 0.182. The number of carbonyl (C=O) groups is 1. The van der Waals surface area contributed by atoms with Gasteiger partial charge in [-0.2, -0.15) is 13.2 Å². The number of carbonyl (C=O) groups excluding carboxylic acids is 1. The van der Waals surface area contributed by atoms with Crippen LogP contribution in [-0.2, 0) is 6.18 Å². The predicted molar refractivity (Wildman–Crippen MR) is 160 cm³/mol. The molecule has 10 heteroatoms. The number of benzene rings is 3. The monoisotopic (exact) mass is 580 g/mol. The highest BCUT2D eigenvalue weighted by molar-refractivity contribution is 6.05. The van der Waals surface area contributed by atoms with Gasteiger partial charge in [0.05, 0.1) is 22.2 Å². The zero-order valence-electron chi connectivity index (χ0n) is 23.3. The highest BCUT2D eigenvalue weighted by Crippen LogP contribution is 2.30. The number of nitrogens with one attached hydrogen (secondary N) is 1. The molecule has 1 N–H and O–H groups in total. The summed E-state index contributed by atoms with van der Waals surface area (Å²) in [6, 6.07) is 22.5. The second-order valence-electron chi connectivity index (χ2n) is 10.3. The van der Waals surface area contributed by atoms with Crippen LogP contribution in [-0.4, -0.2) is 58.6 Å². The zero-order valence-corrected chi connectivity index (χ0v) is 23.3. The number of alkyl halides is 3. The summed E-state index contributed by atoms with van der Waals surface area (Å²) in [5.41, 5.74) is 4.39. The van der Waals surface area contributed by atoms with Gasteiger partial charge in [0, 0.05) is 54.9 Å². The summed E-state index contributed by atoms with van der Waals surface area (Å²) in [7, 11) is 2.14. The van der Waals surface area contributed by atoms with Crippen molar-refractivity contribution in [2.24, 2.45) is 0 Å². The van der Waals surface area contributed by atoms with E-state index < -0.39 is 17.6 Å². The summed E-state index contributed by atoms with van der Waals surface area (Å²) < 4.78 is 41.2. The molecule has 1 aliphatic heterocycles. The average molecular weight is 581 g/mol. The van der Waals surface area contributed by atoms with Gasteiger partial charge in [0.2, 0.25) is 0 Å². The number of halogens is 3. The Hall–Kier alpha value is -5.14. The Bertz CT molecular complexity index is 1840. The Labute approximate surface area is 246 Å². The quantitative estimate of drug-likeness (QED) is 0.271. The molecule has 1 saturated heterocycles. The Morgan fingerprint density at radius 1 is 0.860 bits per heavy atom. The highest BCUT2D eigenvalue weighted by atomic mass is 19.4. The summed E-state index contributed by atoms with van der Waals surface area (Å²) in [6.45, 7) is 4.12. The van der Waals surface area contributed by atoms with E-state index in [9.17, 15) is 18.0 Å². The van der Waals surface area contributed by atoms with E-state index in [1.165, 1.54) is 5.69 Å². The Morgan fingerprint density at radius 2 is 1.60 bits per heavy atom. The van der Waals surface area contributed by atoms with Gasteiger partial charge in [0.15, 0.2) is 0 Å². The van der Waals surface area contributed by atoms with Crippen molar-refractivity contribution < 1.29 is 18.0 Å². The molecule has 3 heterocycles. The SMILES string of the molecule is CN1CCN(c2ccc(-n3cnc4cc(C#Cc5ccccc5C(=O)Nc5cc(C(F)(F)F)ccn5)ccc43)cc2)CC1. The van der Waals surface area contributed by atoms with Crippen LogP contribution in [0.5, 0.6) is 0 Å². The van der Waals surface area contributed by atoms with Gasteiger partial charge in [-0.3, -0.25) is 9.36 Å². The van der Waals surface area contributed by atoms with Crippen LogP contribution >= 0.6 is 0 Å². The number of aromatic nitrogens is 3. The molecule has 0 radical (unpaired) electrons. The minimum absolute atomic E-state index is 0.197. The lowest BCUT2D eigenvalue weighted by Crippen LogP contribution is -2.44. The van der Waals surface area contributed by atoms with Crippen LogP contribution in [0.1, 0.15) is 27.0 Å². The number of anilines is 2. The molecule has 1 amide bonds. The number of likely N-dealkylation sites (N-methyl/N-ethyl adjacent to an activating group) is 1. The standard InChI is InChI=1S/C33H27F3N6O/c1-40-16-18-41(19-17-40)26-9-11-27(12-10-26)42-22-38-29-20-23(7-13-30(29)42)6-8-24-4-2-3-5-28(24)32(43)39-31-21-25(14-15-37-31)33(34,35)36/h2-5,7,9-15,20-22H,16-19H2,1H3,(H,37,39,43). The van der Waals surface area contributed by atoms with Gasteiger partial charge in [-0.15, -0.1) is 0 Å². The molecule has 7 nitrogen and oxygen atoms in total. The maximum atomic E-state index is 13.1. The molecule has 1 aliphatic rings. The van der Waals surface area contributed by atoms with Gasteiger partial charge in [0.1, 0.15) is 12.1 Å². The van der Waals surface area contributed by atoms with Crippen LogP contribution in [0, 0.1) is 11.8 Å². The van der Waals surface area contributed by atoms with E-state index >= 15 is 0 Å². The van der Waals surface area contributed by atoms with Gasteiger partial charge in [-0.05, 0) is 73.8 Å². The van der Waals surface area contributed by atoms with Gasteiger partial charge in [0.25, 0.3) is 5.91 Å². The Kier molecular flexibility index (Phi) is 7.57. The molecule has 0 saturated carbocycles. The lowest BCUT2D eigenvalue weighted by Gasteiger charge is -2.34. The molecule has 6 rings (SSSR count). The molecular weight excluding hydrogens is 553 g/mol. The number of hydrogen-bond donors (Lipinski definition) is 1. The van der Waals surface area contributed by atoms with E-state index in [1.807, 2.05) is 22.8 Å². The zero-order chi connectivity index (χ0) is 30.0. The number of piperazine rings is 1. The van der Waals surface area contributed by atoms with Crippen molar-refractivity contribution in [3.8, 4) is 17.5 Å². The van der Waals surface area contributed by atoms with Crippen molar-refractivity contribution in [3.05, 3.63) is 114 Å². The van der Waals surface area contributed by atoms with Crippen molar-refractivity contribution in [3.63, 3.8) is 0 Å². The first kappa shape index (κ1) is 28.0. The topological polar surface area (TPSA) is 66.3 Å². The largest absolute Gasteiger partial charge is 0.416 e. The summed E-state index contributed by atoms with van der Waals surface area (Å²) in [6.07, 6.45) is -1.75.